The first-order valence-electron chi connectivity index (χ1n) is 5.58. The van der Waals surface area contributed by atoms with Crippen LogP contribution in [0.15, 0.2) is 18.2 Å². The Hall–Kier alpha value is -1.86. The maximum Gasteiger partial charge on any atom is 0.234 e. The number of nitriles is 1. The maximum absolute atomic E-state index is 11.9. The molecule has 0 unspecified atom stereocenters. The molecule has 1 aliphatic rings. The fraction of sp³-hybridized carbons (Fsp3) is 0.308. The van der Waals surface area contributed by atoms with Crippen molar-refractivity contribution in [2.45, 2.75) is 19.8 Å². The molecule has 0 spiro atoms. The van der Waals surface area contributed by atoms with E-state index >= 15 is 0 Å². The van der Waals surface area contributed by atoms with Crippen LogP contribution in [0.5, 0.6) is 0 Å². The van der Waals surface area contributed by atoms with Crippen molar-refractivity contribution in [3.05, 3.63) is 28.8 Å². The van der Waals surface area contributed by atoms with Crippen LogP contribution in [-0.2, 0) is 9.59 Å². The van der Waals surface area contributed by atoms with E-state index in [0.29, 0.717) is 24.1 Å². The molecule has 0 aliphatic carbocycles. The molecule has 1 fully saturated rings. The average Bonchev–Trinajstić information content (AvgIpc) is 2.29. The van der Waals surface area contributed by atoms with Gasteiger partial charge in [-0.3, -0.25) is 9.59 Å². The largest absolute Gasteiger partial charge is 0.274 e. The number of carbonyl (C=O) groups excluding carboxylic acids is 2. The molecule has 2 amide bonds. The van der Waals surface area contributed by atoms with Crippen molar-refractivity contribution in [1.82, 2.24) is 0 Å². The smallest absolute Gasteiger partial charge is 0.234 e. The molecular formula is C13H11ClN2O2. The summed E-state index contributed by atoms with van der Waals surface area (Å²) < 4.78 is 0. The first kappa shape index (κ1) is 12.6. The van der Waals surface area contributed by atoms with Gasteiger partial charge in [0.25, 0.3) is 0 Å². The minimum Gasteiger partial charge on any atom is -0.274 e. The van der Waals surface area contributed by atoms with Crippen molar-refractivity contribution >= 4 is 29.1 Å². The number of benzene rings is 1. The third-order valence-electron chi connectivity index (χ3n) is 2.86. The minimum absolute atomic E-state index is 0.0680. The highest BCUT2D eigenvalue weighted by Crippen LogP contribution is 2.31. The van der Waals surface area contributed by atoms with E-state index in [1.165, 1.54) is 12.1 Å². The van der Waals surface area contributed by atoms with Crippen LogP contribution in [0.3, 0.4) is 0 Å². The molecule has 0 saturated carbocycles. The van der Waals surface area contributed by atoms with Gasteiger partial charge in [-0.15, -0.1) is 0 Å². The normalized spacial score (nSPS) is 16.8. The lowest BCUT2D eigenvalue weighted by Gasteiger charge is -2.28. The summed E-state index contributed by atoms with van der Waals surface area (Å²) in [4.78, 5) is 24.9. The van der Waals surface area contributed by atoms with Crippen LogP contribution < -0.4 is 4.90 Å². The lowest BCUT2D eigenvalue weighted by atomic mass is 9.97. The van der Waals surface area contributed by atoms with Crippen molar-refractivity contribution in [2.75, 3.05) is 4.90 Å². The Kier molecular flexibility index (Phi) is 3.35. The molecule has 4 nitrogen and oxygen atoms in total. The van der Waals surface area contributed by atoms with Gasteiger partial charge in [0.1, 0.15) is 0 Å². The third kappa shape index (κ3) is 2.22. The highest BCUT2D eigenvalue weighted by molar-refractivity contribution is 6.35. The monoisotopic (exact) mass is 262 g/mol. The molecule has 5 heteroatoms. The Balaban J connectivity index is 2.40. The van der Waals surface area contributed by atoms with Gasteiger partial charge in [-0.1, -0.05) is 18.5 Å². The fourth-order valence-corrected chi connectivity index (χ4v) is 2.28. The Morgan fingerprint density at radius 2 is 1.94 bits per heavy atom. The van der Waals surface area contributed by atoms with Crippen molar-refractivity contribution in [3.8, 4) is 6.07 Å². The molecule has 1 aromatic carbocycles. The maximum atomic E-state index is 11.9. The van der Waals surface area contributed by atoms with Crippen LogP contribution in [0.2, 0.25) is 5.02 Å². The molecule has 0 radical (unpaired) electrons. The quantitative estimate of drug-likeness (QED) is 0.731. The summed E-state index contributed by atoms with van der Waals surface area (Å²) in [6.07, 6.45) is 0.671. The standard InChI is InChI=1S/C13H11ClN2O2/c1-8-4-12(17)16(13(18)5-8)11-3-2-9(7-15)6-10(11)14/h2-3,6,8H,4-5H2,1H3. The highest BCUT2D eigenvalue weighted by Gasteiger charge is 2.32. The molecule has 0 bridgehead atoms. The summed E-state index contributed by atoms with van der Waals surface area (Å²) >= 11 is 6.01. The molecule has 18 heavy (non-hydrogen) atoms. The summed E-state index contributed by atoms with van der Waals surface area (Å²) in [7, 11) is 0. The average molecular weight is 263 g/mol. The van der Waals surface area contributed by atoms with Gasteiger partial charge in [-0.2, -0.15) is 5.26 Å². The Labute approximate surface area is 110 Å². The van der Waals surface area contributed by atoms with Crippen molar-refractivity contribution in [3.63, 3.8) is 0 Å². The number of nitrogens with zero attached hydrogens (tertiary/aromatic N) is 2. The SMILES string of the molecule is CC1CC(=O)N(c2ccc(C#N)cc2Cl)C(=O)C1. The fourth-order valence-electron chi connectivity index (χ4n) is 2.02. The molecule has 1 saturated heterocycles. The molecular weight excluding hydrogens is 252 g/mol. The molecule has 0 atom stereocenters. The van der Waals surface area contributed by atoms with E-state index in [-0.39, 0.29) is 22.8 Å². The van der Waals surface area contributed by atoms with E-state index in [1.54, 1.807) is 6.07 Å². The second-order valence-electron chi connectivity index (χ2n) is 4.41. The number of halogens is 1. The van der Waals surface area contributed by atoms with Gasteiger partial charge in [-0.25, -0.2) is 4.90 Å². The van der Waals surface area contributed by atoms with Gasteiger partial charge in [-0.05, 0) is 24.1 Å². The van der Waals surface area contributed by atoms with E-state index in [2.05, 4.69) is 0 Å². The molecule has 1 heterocycles. The van der Waals surface area contributed by atoms with E-state index in [4.69, 9.17) is 16.9 Å². The lowest BCUT2D eigenvalue weighted by molar-refractivity contribution is -0.130. The molecule has 1 aromatic rings. The Bertz CT molecular complexity index is 545. The summed E-state index contributed by atoms with van der Waals surface area (Å²) in [6, 6.07) is 6.48. The molecule has 0 N–H and O–H groups in total. The van der Waals surface area contributed by atoms with Crippen LogP contribution in [0.1, 0.15) is 25.3 Å². The first-order chi connectivity index (χ1) is 8.52. The predicted molar refractivity (Wildman–Crippen MR) is 67.1 cm³/mol. The van der Waals surface area contributed by atoms with Gasteiger partial charge >= 0.3 is 0 Å². The third-order valence-corrected chi connectivity index (χ3v) is 3.17. The van der Waals surface area contributed by atoms with Gasteiger partial charge in [0.2, 0.25) is 11.8 Å². The number of piperidine rings is 1. The second kappa shape index (κ2) is 4.79. The number of hydrogen-bond donors (Lipinski definition) is 0. The van der Waals surface area contributed by atoms with Crippen LogP contribution in [0.4, 0.5) is 5.69 Å². The highest BCUT2D eigenvalue weighted by atomic mass is 35.5. The first-order valence-corrected chi connectivity index (χ1v) is 5.96. The number of anilines is 1. The van der Waals surface area contributed by atoms with Crippen molar-refractivity contribution < 1.29 is 9.59 Å². The number of imide groups is 1. The lowest BCUT2D eigenvalue weighted by Crippen LogP contribution is -2.43. The summed E-state index contributed by atoms with van der Waals surface area (Å²) in [5.41, 5.74) is 0.756. The van der Waals surface area contributed by atoms with Crippen LogP contribution >= 0.6 is 11.6 Å². The zero-order valence-electron chi connectivity index (χ0n) is 9.81. The molecule has 92 valence electrons. The van der Waals surface area contributed by atoms with Gasteiger partial charge in [0.15, 0.2) is 0 Å². The molecule has 2 rings (SSSR count). The van der Waals surface area contributed by atoms with E-state index in [1.807, 2.05) is 13.0 Å². The van der Waals surface area contributed by atoms with E-state index in [0.717, 1.165) is 4.90 Å². The van der Waals surface area contributed by atoms with Gasteiger partial charge in [0, 0.05) is 12.8 Å². The zero-order valence-corrected chi connectivity index (χ0v) is 10.6. The summed E-state index contributed by atoms with van der Waals surface area (Å²) in [5, 5.41) is 8.99. The van der Waals surface area contributed by atoms with E-state index in [9.17, 15) is 9.59 Å². The zero-order chi connectivity index (χ0) is 13.3. The number of carbonyl (C=O) groups is 2. The molecule has 1 aliphatic heterocycles. The summed E-state index contributed by atoms with van der Waals surface area (Å²) in [6.45, 7) is 1.87. The van der Waals surface area contributed by atoms with Gasteiger partial charge in [0.05, 0.1) is 22.3 Å². The number of amides is 2. The van der Waals surface area contributed by atoms with Gasteiger partial charge < -0.3 is 0 Å². The van der Waals surface area contributed by atoms with Crippen LogP contribution in [0.25, 0.3) is 0 Å². The predicted octanol–water partition coefficient (Wildman–Crippen LogP) is 2.50. The Morgan fingerprint density at radius 3 is 2.44 bits per heavy atom. The topological polar surface area (TPSA) is 61.2 Å². The van der Waals surface area contributed by atoms with Crippen LogP contribution in [0, 0.1) is 17.2 Å². The van der Waals surface area contributed by atoms with E-state index < -0.39 is 0 Å². The molecule has 0 aromatic heterocycles. The van der Waals surface area contributed by atoms with Crippen molar-refractivity contribution in [2.24, 2.45) is 5.92 Å². The van der Waals surface area contributed by atoms with Crippen LogP contribution in [-0.4, -0.2) is 11.8 Å². The Morgan fingerprint density at radius 1 is 1.33 bits per heavy atom. The number of rotatable bonds is 1. The summed E-state index contributed by atoms with van der Waals surface area (Å²) in [5.74, 6) is -0.422. The number of hydrogen-bond acceptors (Lipinski definition) is 3. The minimum atomic E-state index is -0.245. The second-order valence-corrected chi connectivity index (χ2v) is 4.82. The van der Waals surface area contributed by atoms with Crippen molar-refractivity contribution in [1.29, 1.82) is 5.26 Å².